The summed E-state index contributed by atoms with van der Waals surface area (Å²) in [5.74, 6) is 7.20. The second-order valence-corrected chi connectivity index (χ2v) is 11.0. The van der Waals surface area contributed by atoms with Crippen molar-refractivity contribution in [2.24, 2.45) is 23.7 Å². The topological polar surface area (TPSA) is 57.2 Å². The van der Waals surface area contributed by atoms with E-state index in [9.17, 15) is 9.50 Å². The summed E-state index contributed by atoms with van der Waals surface area (Å²) in [6.07, 6.45) is 14.3. The summed E-state index contributed by atoms with van der Waals surface area (Å²) in [6.45, 7) is 5.26. The fourth-order valence-corrected chi connectivity index (χ4v) is 6.28. The van der Waals surface area contributed by atoms with Crippen molar-refractivity contribution in [3.8, 4) is 11.8 Å². The van der Waals surface area contributed by atoms with E-state index in [-0.39, 0.29) is 42.5 Å². The van der Waals surface area contributed by atoms with Crippen LogP contribution in [-0.4, -0.2) is 49.7 Å². The average molecular weight is 505 g/mol. The van der Waals surface area contributed by atoms with Crippen LogP contribution < -0.4 is 0 Å². The molecule has 2 saturated carbocycles. The van der Waals surface area contributed by atoms with E-state index in [2.05, 4.69) is 37.8 Å². The van der Waals surface area contributed by atoms with Crippen molar-refractivity contribution in [1.29, 1.82) is 0 Å². The Morgan fingerprint density at radius 1 is 1.11 bits per heavy atom. The number of allylic oxidation sites excluding steroid dienone is 1. The van der Waals surface area contributed by atoms with E-state index < -0.39 is 6.61 Å². The zero-order chi connectivity index (χ0) is 25.3. The Balaban J connectivity index is 1.51. The third kappa shape index (κ3) is 7.42. The van der Waals surface area contributed by atoms with Crippen LogP contribution in [0.2, 0.25) is 0 Å². The van der Waals surface area contributed by atoms with Gasteiger partial charge in [0.05, 0.1) is 18.8 Å². The molecule has 202 valence electrons. The third-order valence-electron chi connectivity index (χ3n) is 8.30. The monoisotopic (exact) mass is 504 g/mol. The molecule has 0 aromatic heterocycles. The molecular formula is C30H45FO5. The van der Waals surface area contributed by atoms with Gasteiger partial charge in [-0.15, -0.1) is 11.8 Å². The van der Waals surface area contributed by atoms with Crippen LogP contribution >= 0.6 is 0 Å². The van der Waals surface area contributed by atoms with Gasteiger partial charge < -0.3 is 24.1 Å². The summed E-state index contributed by atoms with van der Waals surface area (Å²) >= 11 is 0. The van der Waals surface area contributed by atoms with Gasteiger partial charge >= 0.3 is 0 Å². The highest BCUT2D eigenvalue weighted by atomic mass is 19.1. The molecule has 0 aromatic carbocycles. The lowest BCUT2D eigenvalue weighted by Gasteiger charge is -2.31. The number of hydrogen-bond donors (Lipinski definition) is 1. The minimum Gasteiger partial charge on any atom is -0.389 e. The maximum absolute atomic E-state index is 14.3. The number of fused-ring (bicyclic) bond motifs is 1. The Kier molecular flexibility index (Phi) is 10.9. The molecule has 0 spiro atoms. The van der Waals surface area contributed by atoms with Gasteiger partial charge in [-0.3, -0.25) is 0 Å². The van der Waals surface area contributed by atoms with Gasteiger partial charge in [0.1, 0.15) is 5.83 Å². The first-order valence-electron chi connectivity index (χ1n) is 14.2. The van der Waals surface area contributed by atoms with Crippen LogP contribution in [0.4, 0.5) is 4.39 Å². The zero-order valence-corrected chi connectivity index (χ0v) is 22.1. The van der Waals surface area contributed by atoms with Crippen molar-refractivity contribution in [2.75, 3.05) is 19.8 Å². The zero-order valence-electron chi connectivity index (χ0n) is 22.1. The minimum absolute atomic E-state index is 0.0554. The predicted molar refractivity (Wildman–Crippen MR) is 137 cm³/mol. The average Bonchev–Trinajstić information content (AvgIpc) is 3.45. The number of ether oxygens (including phenoxy) is 4. The molecule has 8 atom stereocenters. The molecule has 0 radical (unpaired) electrons. The molecule has 2 aliphatic carbocycles. The summed E-state index contributed by atoms with van der Waals surface area (Å²) in [5, 5.41) is 9.35. The predicted octanol–water partition coefficient (Wildman–Crippen LogP) is 6.07. The fourth-order valence-electron chi connectivity index (χ4n) is 6.28. The Bertz CT molecular complexity index is 802. The number of hydrogen-bond acceptors (Lipinski definition) is 5. The lowest BCUT2D eigenvalue weighted by molar-refractivity contribution is -0.193. The molecule has 3 unspecified atom stereocenters. The summed E-state index contributed by atoms with van der Waals surface area (Å²) < 4.78 is 39.1. The van der Waals surface area contributed by atoms with Gasteiger partial charge in [-0.2, -0.15) is 0 Å². The molecule has 2 aliphatic heterocycles. The minimum atomic E-state index is -0.501. The normalized spacial score (nSPS) is 35.8. The first kappa shape index (κ1) is 27.8. The molecular weight excluding hydrogens is 459 g/mol. The first-order chi connectivity index (χ1) is 17.6. The highest BCUT2D eigenvalue weighted by Crippen LogP contribution is 2.52. The Morgan fingerprint density at radius 2 is 1.86 bits per heavy atom. The highest BCUT2D eigenvalue weighted by molar-refractivity contribution is 5.21. The SMILES string of the molecule is CCC#CCC(C)[C@@H](/C=C/[C@@H]1[C@H]2C/C(=C(\F)CO)C[C@H]2C[C@H]1OC1CCCCO1)OC1CCCCO1. The van der Waals surface area contributed by atoms with Crippen LogP contribution in [0.5, 0.6) is 0 Å². The van der Waals surface area contributed by atoms with Gasteiger partial charge in [-0.05, 0) is 81.1 Å². The third-order valence-corrected chi connectivity index (χ3v) is 8.30. The van der Waals surface area contributed by atoms with Gasteiger partial charge in [-0.25, -0.2) is 4.39 Å². The van der Waals surface area contributed by atoms with E-state index >= 15 is 0 Å². The number of aliphatic hydroxyl groups is 1. The molecule has 4 rings (SSSR count). The number of rotatable bonds is 9. The molecule has 2 heterocycles. The van der Waals surface area contributed by atoms with Crippen molar-refractivity contribution in [1.82, 2.24) is 0 Å². The molecule has 6 heteroatoms. The molecule has 4 fully saturated rings. The molecule has 5 nitrogen and oxygen atoms in total. The van der Waals surface area contributed by atoms with Crippen molar-refractivity contribution >= 4 is 0 Å². The lowest BCUT2D eigenvalue weighted by atomic mass is 9.89. The molecule has 4 aliphatic rings. The molecule has 0 aromatic rings. The largest absolute Gasteiger partial charge is 0.389 e. The number of aliphatic hydroxyl groups excluding tert-OH is 1. The van der Waals surface area contributed by atoms with Gasteiger partial charge in [0.2, 0.25) is 0 Å². The summed E-state index contributed by atoms with van der Waals surface area (Å²) in [7, 11) is 0. The van der Waals surface area contributed by atoms with Crippen molar-refractivity contribution in [3.63, 3.8) is 0 Å². The van der Waals surface area contributed by atoms with E-state index in [1.54, 1.807) is 0 Å². The lowest BCUT2D eigenvalue weighted by Crippen LogP contribution is -2.32. The van der Waals surface area contributed by atoms with Crippen LogP contribution in [0.1, 0.15) is 84.5 Å². The Morgan fingerprint density at radius 3 is 2.53 bits per heavy atom. The van der Waals surface area contributed by atoms with E-state index in [0.29, 0.717) is 24.7 Å². The van der Waals surface area contributed by atoms with Gasteiger partial charge in [0.25, 0.3) is 0 Å². The first-order valence-corrected chi connectivity index (χ1v) is 14.2. The van der Waals surface area contributed by atoms with Crippen LogP contribution in [0.3, 0.4) is 0 Å². The van der Waals surface area contributed by atoms with E-state index in [4.69, 9.17) is 18.9 Å². The van der Waals surface area contributed by atoms with Gasteiger partial charge in [0, 0.05) is 32.0 Å². The van der Waals surface area contributed by atoms with Crippen LogP contribution in [-0.2, 0) is 18.9 Å². The van der Waals surface area contributed by atoms with Crippen molar-refractivity contribution in [2.45, 2.75) is 109 Å². The summed E-state index contributed by atoms with van der Waals surface area (Å²) in [6, 6.07) is 0. The standard InChI is InChI=1S/C30H45FO5/c1-3-4-5-10-21(2)27(35-29-11-6-8-15-33-29)14-13-24-25-18-23(26(31)20-32)17-22(25)19-28(24)36-30-12-7-9-16-34-30/h13-14,21-22,24-25,27-30,32H,3,6-12,15-20H2,1-2H3/b14-13+,26-23-/t21?,22-,24+,25-,27+,28+,29?,30?/m0/s1. The Labute approximate surface area is 216 Å². The summed E-state index contributed by atoms with van der Waals surface area (Å²) in [4.78, 5) is 0. The number of halogens is 1. The fraction of sp³-hybridized carbons (Fsp3) is 0.800. The second kappa shape index (κ2) is 14.1. The molecule has 0 bridgehead atoms. The van der Waals surface area contributed by atoms with Gasteiger partial charge in [0.15, 0.2) is 12.6 Å². The smallest absolute Gasteiger partial charge is 0.158 e. The van der Waals surface area contributed by atoms with Gasteiger partial charge in [-0.1, -0.05) is 26.0 Å². The highest BCUT2D eigenvalue weighted by Gasteiger charge is 2.48. The maximum atomic E-state index is 14.3. The molecule has 1 N–H and O–H groups in total. The van der Waals surface area contributed by atoms with Crippen molar-refractivity contribution in [3.05, 3.63) is 23.6 Å². The maximum Gasteiger partial charge on any atom is 0.158 e. The van der Waals surface area contributed by atoms with E-state index in [0.717, 1.165) is 76.6 Å². The molecule has 2 saturated heterocycles. The second-order valence-electron chi connectivity index (χ2n) is 11.0. The van der Waals surface area contributed by atoms with E-state index in [1.807, 2.05) is 0 Å². The molecule has 0 amide bonds. The van der Waals surface area contributed by atoms with Crippen LogP contribution in [0.15, 0.2) is 23.6 Å². The van der Waals surface area contributed by atoms with Crippen LogP contribution in [0, 0.1) is 35.5 Å². The summed E-state index contributed by atoms with van der Waals surface area (Å²) in [5.41, 5.74) is 0.782. The Hall–Kier alpha value is -1.23. The van der Waals surface area contributed by atoms with E-state index in [1.165, 1.54) is 0 Å². The quantitative estimate of drug-likeness (QED) is 0.305. The van der Waals surface area contributed by atoms with Crippen LogP contribution in [0.25, 0.3) is 0 Å². The molecule has 36 heavy (non-hydrogen) atoms. The van der Waals surface area contributed by atoms with Crippen molar-refractivity contribution < 1.29 is 28.4 Å².